The zero-order valence-corrected chi connectivity index (χ0v) is 6.06. The molecule has 0 aliphatic heterocycles. The van der Waals surface area contributed by atoms with E-state index in [1.807, 2.05) is 20.0 Å². The fourth-order valence-corrected chi connectivity index (χ4v) is 1.16. The first-order valence-electron chi connectivity index (χ1n) is 3.31. The van der Waals surface area contributed by atoms with Crippen molar-refractivity contribution in [2.75, 3.05) is 0 Å². The number of aryl methyl sites for hydroxylation is 2. The molecule has 2 heterocycles. The second-order valence-corrected chi connectivity index (χ2v) is 2.59. The van der Waals surface area contributed by atoms with E-state index in [2.05, 4.69) is 4.98 Å². The first kappa shape index (κ1) is 5.59. The molecule has 2 nitrogen and oxygen atoms in total. The standard InChI is InChI=1S/C8H9NO/c1-5-3-9-7-6(2)4-10-8(5)7/h3-4,9H,1-2H3. The molecule has 2 aromatic heterocycles. The third-order valence-corrected chi connectivity index (χ3v) is 1.77. The predicted molar refractivity (Wildman–Crippen MR) is 40.0 cm³/mol. The number of hydrogen-bond acceptors (Lipinski definition) is 1. The summed E-state index contributed by atoms with van der Waals surface area (Å²) in [5.74, 6) is 0. The number of hydrogen-bond donors (Lipinski definition) is 1. The normalized spacial score (nSPS) is 11.0. The number of H-pyrrole nitrogens is 1. The molecule has 1 N–H and O–H groups in total. The van der Waals surface area contributed by atoms with Crippen LogP contribution in [0.1, 0.15) is 11.1 Å². The van der Waals surface area contributed by atoms with Gasteiger partial charge in [-0.2, -0.15) is 0 Å². The molecule has 10 heavy (non-hydrogen) atoms. The lowest BCUT2D eigenvalue weighted by Gasteiger charge is -1.76. The Hall–Kier alpha value is -1.18. The number of fused-ring (bicyclic) bond motifs is 1. The highest BCUT2D eigenvalue weighted by atomic mass is 16.3. The Morgan fingerprint density at radius 1 is 1.30 bits per heavy atom. The maximum atomic E-state index is 5.29. The van der Waals surface area contributed by atoms with Gasteiger partial charge in [-0.25, -0.2) is 0 Å². The fourth-order valence-electron chi connectivity index (χ4n) is 1.16. The molecular formula is C8H9NO. The maximum Gasteiger partial charge on any atom is 0.154 e. The van der Waals surface area contributed by atoms with E-state index in [0.717, 1.165) is 11.1 Å². The summed E-state index contributed by atoms with van der Waals surface area (Å²) in [6.07, 6.45) is 3.73. The molecule has 0 bridgehead atoms. The highest BCUT2D eigenvalue weighted by Gasteiger charge is 2.04. The summed E-state index contributed by atoms with van der Waals surface area (Å²) in [5, 5.41) is 0. The van der Waals surface area contributed by atoms with E-state index >= 15 is 0 Å². The Balaban J connectivity index is 2.95. The Morgan fingerprint density at radius 3 is 2.80 bits per heavy atom. The largest absolute Gasteiger partial charge is 0.462 e. The van der Waals surface area contributed by atoms with Gasteiger partial charge in [-0.3, -0.25) is 0 Å². The van der Waals surface area contributed by atoms with Gasteiger partial charge in [-0.1, -0.05) is 0 Å². The van der Waals surface area contributed by atoms with Crippen molar-refractivity contribution >= 4 is 11.1 Å². The monoisotopic (exact) mass is 135 g/mol. The highest BCUT2D eigenvalue weighted by Crippen LogP contribution is 2.21. The van der Waals surface area contributed by atoms with Crippen molar-refractivity contribution in [2.45, 2.75) is 13.8 Å². The van der Waals surface area contributed by atoms with Crippen molar-refractivity contribution in [1.29, 1.82) is 0 Å². The van der Waals surface area contributed by atoms with E-state index in [1.165, 1.54) is 11.1 Å². The summed E-state index contributed by atoms with van der Waals surface area (Å²) in [6.45, 7) is 4.06. The third-order valence-electron chi connectivity index (χ3n) is 1.77. The van der Waals surface area contributed by atoms with Crippen LogP contribution in [0, 0.1) is 13.8 Å². The van der Waals surface area contributed by atoms with Gasteiger partial charge in [-0.05, 0) is 13.8 Å². The van der Waals surface area contributed by atoms with Crippen LogP contribution in [-0.2, 0) is 0 Å². The minimum absolute atomic E-state index is 0.984. The quantitative estimate of drug-likeness (QED) is 0.590. The molecule has 2 heteroatoms. The Kier molecular flexibility index (Phi) is 0.926. The molecule has 2 aromatic rings. The smallest absolute Gasteiger partial charge is 0.154 e. The van der Waals surface area contributed by atoms with Crippen molar-refractivity contribution in [1.82, 2.24) is 4.98 Å². The van der Waals surface area contributed by atoms with Crippen LogP contribution in [0.5, 0.6) is 0 Å². The van der Waals surface area contributed by atoms with Crippen molar-refractivity contribution in [3.63, 3.8) is 0 Å². The predicted octanol–water partition coefficient (Wildman–Crippen LogP) is 2.38. The van der Waals surface area contributed by atoms with Gasteiger partial charge in [0.2, 0.25) is 0 Å². The average Bonchev–Trinajstić information content (AvgIpc) is 2.41. The molecule has 0 radical (unpaired) electrons. The molecule has 0 spiro atoms. The zero-order valence-electron chi connectivity index (χ0n) is 6.06. The zero-order chi connectivity index (χ0) is 7.14. The first-order valence-corrected chi connectivity index (χ1v) is 3.31. The summed E-state index contributed by atoms with van der Waals surface area (Å²) in [7, 11) is 0. The lowest BCUT2D eigenvalue weighted by Crippen LogP contribution is -1.62. The van der Waals surface area contributed by atoms with E-state index in [9.17, 15) is 0 Å². The van der Waals surface area contributed by atoms with Crippen LogP contribution >= 0.6 is 0 Å². The second kappa shape index (κ2) is 1.66. The van der Waals surface area contributed by atoms with E-state index in [-0.39, 0.29) is 0 Å². The number of aromatic nitrogens is 1. The van der Waals surface area contributed by atoms with Crippen LogP contribution in [0.15, 0.2) is 16.9 Å². The Labute approximate surface area is 58.8 Å². The van der Waals surface area contributed by atoms with Crippen molar-refractivity contribution < 1.29 is 4.42 Å². The highest BCUT2D eigenvalue weighted by molar-refractivity contribution is 5.80. The van der Waals surface area contributed by atoms with Crippen molar-refractivity contribution in [3.05, 3.63) is 23.6 Å². The molecular weight excluding hydrogens is 126 g/mol. The summed E-state index contributed by atoms with van der Waals surface area (Å²) < 4.78 is 5.29. The van der Waals surface area contributed by atoms with Crippen molar-refractivity contribution in [3.8, 4) is 0 Å². The summed E-state index contributed by atoms with van der Waals surface area (Å²) >= 11 is 0. The van der Waals surface area contributed by atoms with Gasteiger partial charge >= 0.3 is 0 Å². The van der Waals surface area contributed by atoms with Crippen LogP contribution in [-0.4, -0.2) is 4.98 Å². The molecule has 2 rings (SSSR count). The van der Waals surface area contributed by atoms with E-state index < -0.39 is 0 Å². The van der Waals surface area contributed by atoms with Gasteiger partial charge in [0.1, 0.15) is 0 Å². The molecule has 0 aliphatic carbocycles. The molecule has 0 saturated carbocycles. The van der Waals surface area contributed by atoms with Gasteiger partial charge in [0.25, 0.3) is 0 Å². The topological polar surface area (TPSA) is 28.9 Å². The first-order chi connectivity index (χ1) is 4.79. The van der Waals surface area contributed by atoms with Gasteiger partial charge < -0.3 is 9.40 Å². The Morgan fingerprint density at radius 2 is 2.10 bits per heavy atom. The van der Waals surface area contributed by atoms with Crippen LogP contribution in [0.2, 0.25) is 0 Å². The van der Waals surface area contributed by atoms with Crippen molar-refractivity contribution in [2.24, 2.45) is 0 Å². The maximum absolute atomic E-state index is 5.29. The van der Waals surface area contributed by atoms with E-state index in [1.54, 1.807) is 6.26 Å². The van der Waals surface area contributed by atoms with Crippen LogP contribution in [0.25, 0.3) is 11.1 Å². The molecule has 0 amide bonds. The van der Waals surface area contributed by atoms with Gasteiger partial charge in [-0.15, -0.1) is 0 Å². The second-order valence-electron chi connectivity index (χ2n) is 2.59. The minimum Gasteiger partial charge on any atom is -0.462 e. The summed E-state index contributed by atoms with van der Waals surface area (Å²) in [6, 6.07) is 0. The van der Waals surface area contributed by atoms with Gasteiger partial charge in [0, 0.05) is 17.3 Å². The molecule has 0 saturated heterocycles. The summed E-state index contributed by atoms with van der Waals surface area (Å²) in [5.41, 5.74) is 4.45. The fraction of sp³-hybridized carbons (Fsp3) is 0.250. The lowest BCUT2D eigenvalue weighted by molar-refractivity contribution is 0.611. The number of aromatic amines is 1. The summed E-state index contributed by atoms with van der Waals surface area (Å²) in [4.78, 5) is 3.14. The Bertz CT molecular complexity index is 320. The third kappa shape index (κ3) is 0.533. The molecule has 0 fully saturated rings. The molecule has 52 valence electrons. The van der Waals surface area contributed by atoms with E-state index in [0.29, 0.717) is 0 Å². The van der Waals surface area contributed by atoms with Crippen LogP contribution in [0.3, 0.4) is 0 Å². The van der Waals surface area contributed by atoms with Gasteiger partial charge in [0.15, 0.2) is 5.58 Å². The van der Waals surface area contributed by atoms with Crippen LogP contribution in [0.4, 0.5) is 0 Å². The minimum atomic E-state index is 0.984. The number of rotatable bonds is 0. The lowest BCUT2D eigenvalue weighted by atomic mass is 10.3. The number of nitrogens with one attached hydrogen (secondary N) is 1. The average molecular weight is 135 g/mol. The molecule has 0 atom stereocenters. The SMILES string of the molecule is Cc1coc2c(C)c[nH]c12. The van der Waals surface area contributed by atoms with Gasteiger partial charge in [0.05, 0.1) is 11.8 Å². The number of furan rings is 1. The molecule has 0 aromatic carbocycles. The van der Waals surface area contributed by atoms with E-state index in [4.69, 9.17) is 4.42 Å². The van der Waals surface area contributed by atoms with Crippen LogP contribution < -0.4 is 0 Å². The molecule has 0 aliphatic rings. The molecule has 0 unspecified atom stereocenters.